The minimum absolute atomic E-state index is 0.217. The molecule has 194 valence electrons. The Morgan fingerprint density at radius 1 is 0.900 bits per heavy atom. The molecule has 6 nitrogen and oxygen atoms in total. The summed E-state index contributed by atoms with van der Waals surface area (Å²) >= 11 is 0. The molecule has 1 fully saturated rings. The molecule has 40 heavy (non-hydrogen) atoms. The van der Waals surface area contributed by atoms with Gasteiger partial charge in [0.1, 0.15) is 6.04 Å². The normalized spacial score (nSPS) is 20.2. The number of nitrogens with zero attached hydrogens (tertiary/aromatic N) is 3. The first-order valence-electron chi connectivity index (χ1n) is 13.2. The van der Waals surface area contributed by atoms with Crippen LogP contribution in [-0.2, 0) is 4.74 Å². The third-order valence-corrected chi connectivity index (χ3v) is 8.00. The molecule has 0 saturated carbocycles. The SMILES string of the molecule is CCOC(=O)c1cccc(C(=O)[C@@H]2[C@@H](c3ccccc3)C(C#N)(C#N)[C@H]3C=Cc4c(ccc5ccccc45)N23)c1. The predicted molar refractivity (Wildman–Crippen MR) is 153 cm³/mol. The molecule has 0 unspecified atom stereocenters. The van der Waals surface area contributed by atoms with Crippen LogP contribution >= 0.6 is 0 Å². The predicted octanol–water partition coefficient (Wildman–Crippen LogP) is 6.30. The van der Waals surface area contributed by atoms with Crippen LogP contribution in [0.3, 0.4) is 0 Å². The molecule has 3 atom stereocenters. The zero-order valence-electron chi connectivity index (χ0n) is 21.8. The van der Waals surface area contributed by atoms with Gasteiger partial charge in [-0.1, -0.05) is 84.9 Å². The van der Waals surface area contributed by atoms with Crippen molar-refractivity contribution in [2.45, 2.75) is 24.9 Å². The molecule has 2 heterocycles. The fraction of sp³-hybridized carbons (Fsp3) is 0.176. The Bertz CT molecular complexity index is 1750. The molecule has 1 saturated heterocycles. The number of benzene rings is 4. The monoisotopic (exact) mass is 523 g/mol. The zero-order chi connectivity index (χ0) is 27.9. The summed E-state index contributed by atoms with van der Waals surface area (Å²) in [5.74, 6) is -1.54. The second-order valence-corrected chi connectivity index (χ2v) is 10.0. The number of esters is 1. The molecule has 2 aliphatic heterocycles. The standard InChI is InChI=1S/C34H25N3O3/c1-2-40-33(39)25-13-8-12-24(19-25)32(38)31-30(23-10-4-3-5-11-23)34(20-35,21-36)29-18-16-27-26-14-7-6-9-22(26)15-17-28(27)37(29)31/h3-19,29-31H,2H2,1H3/t29-,30-,31+/m1/s1. The minimum atomic E-state index is -1.54. The Labute approximate surface area is 232 Å². The molecule has 4 aromatic carbocycles. The second kappa shape index (κ2) is 9.84. The maximum atomic E-state index is 14.6. The fourth-order valence-corrected chi connectivity index (χ4v) is 6.27. The largest absolute Gasteiger partial charge is 0.462 e. The van der Waals surface area contributed by atoms with Gasteiger partial charge in [0.15, 0.2) is 11.2 Å². The van der Waals surface area contributed by atoms with Gasteiger partial charge < -0.3 is 9.64 Å². The Morgan fingerprint density at radius 3 is 2.38 bits per heavy atom. The van der Waals surface area contributed by atoms with Crippen molar-refractivity contribution in [3.8, 4) is 12.1 Å². The lowest BCUT2D eigenvalue weighted by Gasteiger charge is -2.36. The number of Topliss-reactive ketones (excluding diaryl/α,β-unsaturated/α-hetero) is 1. The van der Waals surface area contributed by atoms with E-state index in [4.69, 9.17) is 4.74 Å². The van der Waals surface area contributed by atoms with E-state index < -0.39 is 29.4 Å². The van der Waals surface area contributed by atoms with Crippen LogP contribution in [0.15, 0.2) is 97.1 Å². The van der Waals surface area contributed by atoms with Crippen LogP contribution in [0.2, 0.25) is 0 Å². The van der Waals surface area contributed by atoms with Gasteiger partial charge in [0.25, 0.3) is 0 Å². The Balaban J connectivity index is 1.59. The molecule has 0 bridgehead atoms. The van der Waals surface area contributed by atoms with E-state index in [0.29, 0.717) is 5.56 Å². The molecule has 0 amide bonds. The number of carbonyl (C=O) groups excluding carboxylic acids is 2. The van der Waals surface area contributed by atoms with E-state index in [-0.39, 0.29) is 18.0 Å². The average Bonchev–Trinajstić information content (AvgIpc) is 3.32. The summed E-state index contributed by atoms with van der Waals surface area (Å²) in [6.07, 6.45) is 3.86. The summed E-state index contributed by atoms with van der Waals surface area (Å²) in [7, 11) is 0. The van der Waals surface area contributed by atoms with Crippen molar-refractivity contribution >= 4 is 34.3 Å². The molecular weight excluding hydrogens is 498 g/mol. The van der Waals surface area contributed by atoms with Crippen LogP contribution in [0, 0.1) is 28.1 Å². The van der Waals surface area contributed by atoms with E-state index in [0.717, 1.165) is 27.6 Å². The van der Waals surface area contributed by atoms with Crippen molar-refractivity contribution in [3.63, 3.8) is 0 Å². The number of nitriles is 2. The van der Waals surface area contributed by atoms with Crippen molar-refractivity contribution in [3.05, 3.63) is 119 Å². The van der Waals surface area contributed by atoms with Crippen LogP contribution in [0.25, 0.3) is 16.8 Å². The van der Waals surface area contributed by atoms with Crippen molar-refractivity contribution < 1.29 is 14.3 Å². The highest BCUT2D eigenvalue weighted by atomic mass is 16.5. The van der Waals surface area contributed by atoms with Crippen LogP contribution in [-0.4, -0.2) is 30.4 Å². The minimum Gasteiger partial charge on any atom is -0.462 e. The van der Waals surface area contributed by atoms with Gasteiger partial charge in [-0.05, 0) is 41.5 Å². The van der Waals surface area contributed by atoms with Crippen LogP contribution in [0.1, 0.15) is 44.7 Å². The van der Waals surface area contributed by atoms with Gasteiger partial charge in [-0.2, -0.15) is 10.5 Å². The maximum Gasteiger partial charge on any atom is 0.338 e. The summed E-state index contributed by atoms with van der Waals surface area (Å²) in [6.45, 7) is 1.94. The molecule has 6 heteroatoms. The molecule has 4 aromatic rings. The highest BCUT2D eigenvalue weighted by Gasteiger charge is 2.63. The summed E-state index contributed by atoms with van der Waals surface area (Å²) in [5.41, 5.74) is 1.51. The lowest BCUT2D eigenvalue weighted by atomic mass is 9.69. The molecule has 2 aliphatic rings. The number of carbonyl (C=O) groups is 2. The highest BCUT2D eigenvalue weighted by Crippen LogP contribution is 2.56. The molecule has 0 N–H and O–H groups in total. The maximum absolute atomic E-state index is 14.6. The van der Waals surface area contributed by atoms with Crippen molar-refractivity contribution in [2.75, 3.05) is 11.5 Å². The van der Waals surface area contributed by atoms with Crippen molar-refractivity contribution in [1.82, 2.24) is 0 Å². The number of ether oxygens (including phenoxy) is 1. The molecule has 0 radical (unpaired) electrons. The Morgan fingerprint density at radius 2 is 1.62 bits per heavy atom. The highest BCUT2D eigenvalue weighted by molar-refractivity contribution is 6.07. The number of rotatable bonds is 5. The van der Waals surface area contributed by atoms with Gasteiger partial charge in [0.2, 0.25) is 0 Å². The number of ketones is 1. The van der Waals surface area contributed by atoms with E-state index in [2.05, 4.69) is 12.1 Å². The van der Waals surface area contributed by atoms with Crippen molar-refractivity contribution in [1.29, 1.82) is 10.5 Å². The van der Waals surface area contributed by atoms with E-state index >= 15 is 0 Å². The topological polar surface area (TPSA) is 94.2 Å². The fourth-order valence-electron chi connectivity index (χ4n) is 6.27. The Kier molecular flexibility index (Phi) is 6.17. The third-order valence-electron chi connectivity index (χ3n) is 8.00. The number of fused-ring (bicyclic) bond motifs is 5. The van der Waals surface area contributed by atoms with E-state index in [1.165, 1.54) is 6.07 Å². The van der Waals surface area contributed by atoms with Gasteiger partial charge >= 0.3 is 5.97 Å². The van der Waals surface area contributed by atoms with E-state index in [1.807, 2.05) is 83.8 Å². The summed E-state index contributed by atoms with van der Waals surface area (Å²) in [5, 5.41) is 23.4. The molecule has 0 spiro atoms. The lowest BCUT2D eigenvalue weighted by molar-refractivity contribution is 0.0526. The van der Waals surface area contributed by atoms with Gasteiger partial charge in [0.05, 0.1) is 30.4 Å². The molecule has 0 aromatic heterocycles. The van der Waals surface area contributed by atoms with Crippen LogP contribution in [0.5, 0.6) is 0 Å². The zero-order valence-corrected chi connectivity index (χ0v) is 21.8. The first-order valence-corrected chi connectivity index (χ1v) is 13.2. The first-order chi connectivity index (χ1) is 19.5. The summed E-state index contributed by atoms with van der Waals surface area (Å²) in [4.78, 5) is 29.0. The number of hydrogen-bond donors (Lipinski definition) is 0. The number of hydrogen-bond acceptors (Lipinski definition) is 6. The van der Waals surface area contributed by atoms with E-state index in [9.17, 15) is 20.1 Å². The number of anilines is 1. The van der Waals surface area contributed by atoms with Crippen LogP contribution < -0.4 is 4.90 Å². The van der Waals surface area contributed by atoms with E-state index in [1.54, 1.807) is 25.1 Å². The van der Waals surface area contributed by atoms with Crippen LogP contribution in [0.4, 0.5) is 5.69 Å². The quantitative estimate of drug-likeness (QED) is 0.225. The van der Waals surface area contributed by atoms with Gasteiger partial charge in [-0.25, -0.2) is 4.79 Å². The van der Waals surface area contributed by atoms with Gasteiger partial charge in [0, 0.05) is 22.7 Å². The smallest absolute Gasteiger partial charge is 0.338 e. The third kappa shape index (κ3) is 3.69. The summed E-state index contributed by atoms with van der Waals surface area (Å²) < 4.78 is 5.16. The average molecular weight is 524 g/mol. The summed E-state index contributed by atoms with van der Waals surface area (Å²) in [6, 6.07) is 30.9. The Hall–Kier alpha value is -5.20. The van der Waals surface area contributed by atoms with Gasteiger partial charge in [-0.15, -0.1) is 0 Å². The van der Waals surface area contributed by atoms with Crippen molar-refractivity contribution in [2.24, 2.45) is 5.41 Å². The molecular formula is C34H25N3O3. The molecule has 0 aliphatic carbocycles. The first kappa shape index (κ1) is 25.1. The second-order valence-electron chi connectivity index (χ2n) is 10.0. The molecule has 6 rings (SSSR count). The lowest BCUT2D eigenvalue weighted by Crippen LogP contribution is -2.44. The van der Waals surface area contributed by atoms with Gasteiger partial charge in [-0.3, -0.25) is 4.79 Å².